The monoisotopic (exact) mass is 382 g/mol. The van der Waals surface area contributed by atoms with Crippen molar-refractivity contribution in [2.45, 2.75) is 70.1 Å². The Balaban J connectivity index is 0.00000243. The number of rotatable bonds is 7. The molecule has 2 aliphatic rings. The molecule has 3 rings (SSSR count). The van der Waals surface area contributed by atoms with Gasteiger partial charge in [0.05, 0.1) is 13.2 Å². The third kappa shape index (κ3) is 5.52. The Labute approximate surface area is 162 Å². The molecule has 1 amide bonds. The Morgan fingerprint density at radius 2 is 1.96 bits per heavy atom. The van der Waals surface area contributed by atoms with Gasteiger partial charge in [-0.3, -0.25) is 4.79 Å². The number of carbonyl (C=O) groups excluding carboxylic acids is 1. The first-order valence-electron chi connectivity index (χ1n) is 9.51. The zero-order chi connectivity index (χ0) is 17.6. The standard InChI is InChI=1S/C20H30N2O3.ClH/c1-24-17-10-9-15(19(12-17)25-16-6-2-3-7-16)13-22-20(23)11-14-5-4-8-18(14)21;/h9-10,12,14,16,18H,2-8,11,13,21H2,1H3,(H,22,23);1H/t14-,18+;/m0./s1. The third-order valence-corrected chi connectivity index (χ3v) is 5.51. The van der Waals surface area contributed by atoms with Gasteiger partial charge >= 0.3 is 0 Å². The summed E-state index contributed by atoms with van der Waals surface area (Å²) in [5, 5.41) is 3.03. The average molecular weight is 383 g/mol. The highest BCUT2D eigenvalue weighted by Gasteiger charge is 2.26. The lowest BCUT2D eigenvalue weighted by atomic mass is 10.00. The Morgan fingerprint density at radius 3 is 2.62 bits per heavy atom. The number of ether oxygens (including phenoxy) is 2. The summed E-state index contributed by atoms with van der Waals surface area (Å²) in [6.07, 6.45) is 8.68. The molecule has 2 saturated carbocycles. The second-order valence-corrected chi connectivity index (χ2v) is 7.33. The van der Waals surface area contributed by atoms with Crippen molar-refractivity contribution < 1.29 is 14.3 Å². The van der Waals surface area contributed by atoms with Crippen LogP contribution in [0.4, 0.5) is 0 Å². The SMILES string of the molecule is COc1ccc(CNC(=O)C[C@@H]2CCC[C@H]2N)c(OC2CCCC2)c1.Cl. The van der Waals surface area contributed by atoms with Gasteiger partial charge in [-0.25, -0.2) is 0 Å². The number of methoxy groups -OCH3 is 1. The van der Waals surface area contributed by atoms with Gasteiger partial charge in [0, 0.05) is 30.6 Å². The molecule has 146 valence electrons. The summed E-state index contributed by atoms with van der Waals surface area (Å²) in [7, 11) is 1.65. The quantitative estimate of drug-likeness (QED) is 0.756. The number of halogens is 1. The van der Waals surface area contributed by atoms with Gasteiger partial charge < -0.3 is 20.5 Å². The Hall–Kier alpha value is -1.46. The summed E-state index contributed by atoms with van der Waals surface area (Å²) in [4.78, 5) is 12.3. The molecular formula is C20H31ClN2O3. The van der Waals surface area contributed by atoms with Gasteiger partial charge in [0.2, 0.25) is 5.91 Å². The molecule has 0 bridgehead atoms. The summed E-state index contributed by atoms with van der Waals surface area (Å²) in [5.41, 5.74) is 7.07. The fraction of sp³-hybridized carbons (Fsp3) is 0.650. The molecule has 6 heteroatoms. The minimum atomic E-state index is 0. The zero-order valence-electron chi connectivity index (χ0n) is 15.5. The van der Waals surface area contributed by atoms with E-state index in [2.05, 4.69) is 5.32 Å². The summed E-state index contributed by atoms with van der Waals surface area (Å²) >= 11 is 0. The van der Waals surface area contributed by atoms with Crippen molar-refractivity contribution in [1.29, 1.82) is 0 Å². The first kappa shape index (κ1) is 20.8. The molecule has 0 saturated heterocycles. The lowest BCUT2D eigenvalue weighted by molar-refractivity contribution is -0.122. The smallest absolute Gasteiger partial charge is 0.220 e. The van der Waals surface area contributed by atoms with Crippen LogP contribution in [0.5, 0.6) is 11.5 Å². The number of carbonyl (C=O) groups is 1. The molecule has 0 aromatic heterocycles. The summed E-state index contributed by atoms with van der Waals surface area (Å²) in [5.74, 6) is 2.00. The van der Waals surface area contributed by atoms with Crippen molar-refractivity contribution in [3.8, 4) is 11.5 Å². The molecular weight excluding hydrogens is 352 g/mol. The first-order chi connectivity index (χ1) is 12.2. The van der Waals surface area contributed by atoms with E-state index < -0.39 is 0 Å². The molecule has 26 heavy (non-hydrogen) atoms. The molecule has 0 radical (unpaired) electrons. The number of nitrogens with one attached hydrogen (secondary N) is 1. The Kier molecular flexibility index (Phi) is 8.04. The second kappa shape index (κ2) is 10.0. The molecule has 1 aromatic rings. The zero-order valence-corrected chi connectivity index (χ0v) is 16.4. The highest BCUT2D eigenvalue weighted by atomic mass is 35.5. The fourth-order valence-corrected chi connectivity index (χ4v) is 3.93. The molecule has 0 heterocycles. The summed E-state index contributed by atoms with van der Waals surface area (Å²) < 4.78 is 11.5. The molecule has 0 aliphatic heterocycles. The van der Waals surface area contributed by atoms with Crippen molar-refractivity contribution in [3.63, 3.8) is 0 Å². The molecule has 2 fully saturated rings. The maximum absolute atomic E-state index is 12.3. The van der Waals surface area contributed by atoms with Crippen LogP contribution in [0.2, 0.25) is 0 Å². The van der Waals surface area contributed by atoms with Crippen LogP contribution in [-0.4, -0.2) is 25.2 Å². The van der Waals surface area contributed by atoms with E-state index in [1.165, 1.54) is 12.8 Å². The molecule has 1 aromatic carbocycles. The van der Waals surface area contributed by atoms with Crippen LogP contribution < -0.4 is 20.5 Å². The lowest BCUT2D eigenvalue weighted by Gasteiger charge is -2.19. The second-order valence-electron chi connectivity index (χ2n) is 7.33. The molecule has 2 atom stereocenters. The number of amides is 1. The van der Waals surface area contributed by atoms with Gasteiger partial charge in [0.25, 0.3) is 0 Å². The predicted molar refractivity (Wildman–Crippen MR) is 105 cm³/mol. The van der Waals surface area contributed by atoms with E-state index in [4.69, 9.17) is 15.2 Å². The van der Waals surface area contributed by atoms with Gasteiger partial charge in [-0.2, -0.15) is 0 Å². The van der Waals surface area contributed by atoms with Crippen LogP contribution in [0, 0.1) is 5.92 Å². The largest absolute Gasteiger partial charge is 0.497 e. The van der Waals surface area contributed by atoms with Crippen LogP contribution in [-0.2, 0) is 11.3 Å². The minimum absolute atomic E-state index is 0. The highest BCUT2D eigenvalue weighted by Crippen LogP contribution is 2.30. The van der Waals surface area contributed by atoms with Crippen molar-refractivity contribution in [2.75, 3.05) is 7.11 Å². The van der Waals surface area contributed by atoms with Gasteiger partial charge in [-0.1, -0.05) is 6.42 Å². The van der Waals surface area contributed by atoms with E-state index in [0.29, 0.717) is 18.9 Å². The number of nitrogens with two attached hydrogens (primary N) is 1. The minimum Gasteiger partial charge on any atom is -0.497 e. The molecule has 2 aliphatic carbocycles. The maximum Gasteiger partial charge on any atom is 0.220 e. The average Bonchev–Trinajstić information content (AvgIpc) is 3.26. The topological polar surface area (TPSA) is 73.6 Å². The van der Waals surface area contributed by atoms with E-state index in [9.17, 15) is 4.79 Å². The van der Waals surface area contributed by atoms with E-state index in [1.807, 2.05) is 18.2 Å². The van der Waals surface area contributed by atoms with Gasteiger partial charge in [0.1, 0.15) is 11.5 Å². The van der Waals surface area contributed by atoms with Crippen LogP contribution in [0.15, 0.2) is 18.2 Å². The molecule has 5 nitrogen and oxygen atoms in total. The Bertz CT molecular complexity index is 590. The van der Waals surface area contributed by atoms with Gasteiger partial charge in [0.15, 0.2) is 0 Å². The predicted octanol–water partition coefficient (Wildman–Crippen LogP) is 3.57. The van der Waals surface area contributed by atoms with Crippen molar-refractivity contribution in [2.24, 2.45) is 11.7 Å². The first-order valence-corrected chi connectivity index (χ1v) is 9.51. The van der Waals surface area contributed by atoms with E-state index in [1.54, 1.807) is 7.11 Å². The third-order valence-electron chi connectivity index (χ3n) is 5.51. The van der Waals surface area contributed by atoms with Crippen LogP contribution in [0.25, 0.3) is 0 Å². The molecule has 3 N–H and O–H groups in total. The normalized spacial score (nSPS) is 22.7. The number of benzene rings is 1. The van der Waals surface area contributed by atoms with E-state index in [-0.39, 0.29) is 30.5 Å². The van der Waals surface area contributed by atoms with Crippen molar-refractivity contribution in [1.82, 2.24) is 5.32 Å². The molecule has 0 unspecified atom stereocenters. The summed E-state index contributed by atoms with van der Waals surface area (Å²) in [6, 6.07) is 5.99. The Morgan fingerprint density at radius 1 is 1.19 bits per heavy atom. The highest BCUT2D eigenvalue weighted by molar-refractivity contribution is 5.85. The van der Waals surface area contributed by atoms with Crippen LogP contribution >= 0.6 is 12.4 Å². The van der Waals surface area contributed by atoms with Crippen molar-refractivity contribution >= 4 is 18.3 Å². The molecule has 0 spiro atoms. The fourth-order valence-electron chi connectivity index (χ4n) is 3.93. The van der Waals surface area contributed by atoms with Gasteiger partial charge in [-0.15, -0.1) is 12.4 Å². The van der Waals surface area contributed by atoms with E-state index >= 15 is 0 Å². The lowest BCUT2D eigenvalue weighted by Crippen LogP contribution is -2.31. The van der Waals surface area contributed by atoms with Gasteiger partial charge in [-0.05, 0) is 56.6 Å². The van der Waals surface area contributed by atoms with Crippen molar-refractivity contribution in [3.05, 3.63) is 23.8 Å². The number of hydrogen-bond acceptors (Lipinski definition) is 4. The maximum atomic E-state index is 12.3. The number of hydrogen-bond donors (Lipinski definition) is 2. The summed E-state index contributed by atoms with van der Waals surface area (Å²) in [6.45, 7) is 0.479. The van der Waals surface area contributed by atoms with E-state index in [0.717, 1.165) is 49.2 Å². The van der Waals surface area contributed by atoms with Crippen LogP contribution in [0.1, 0.15) is 56.9 Å². The van der Waals surface area contributed by atoms with Crippen LogP contribution in [0.3, 0.4) is 0 Å².